The molecule has 0 aliphatic heterocycles. The Morgan fingerprint density at radius 3 is 2.89 bits per heavy atom. The number of oxime groups is 1. The van der Waals surface area contributed by atoms with Gasteiger partial charge in [-0.3, -0.25) is 4.79 Å². The summed E-state index contributed by atoms with van der Waals surface area (Å²) in [7, 11) is 0. The van der Waals surface area contributed by atoms with Crippen LogP contribution in [0.1, 0.15) is 32.4 Å². The molecule has 1 rings (SSSR count). The van der Waals surface area contributed by atoms with Gasteiger partial charge in [-0.05, 0) is 19.8 Å². The van der Waals surface area contributed by atoms with Crippen LogP contribution in [-0.4, -0.2) is 26.8 Å². The second-order valence-corrected chi connectivity index (χ2v) is 6.10. The molecule has 1 heterocycles. The van der Waals surface area contributed by atoms with Gasteiger partial charge in [0.25, 0.3) is 5.56 Å². The molecule has 0 bridgehead atoms. The van der Waals surface area contributed by atoms with Crippen LogP contribution in [0.3, 0.4) is 0 Å². The van der Waals surface area contributed by atoms with Crippen molar-refractivity contribution in [2.24, 2.45) is 16.3 Å². The standard InChI is InChI=1S/C12H20N4O2S/c1-8-7-9(17)15-11(14-8)19-6-4-5-12(2,3)10(13)16-18/h7,18H,4-6H2,1-3H3,(H2,13,16)(H,14,15,17). The van der Waals surface area contributed by atoms with Crippen molar-refractivity contribution in [2.45, 2.75) is 38.8 Å². The quantitative estimate of drug-likeness (QED) is 0.140. The van der Waals surface area contributed by atoms with Gasteiger partial charge in [0.15, 0.2) is 5.16 Å². The van der Waals surface area contributed by atoms with E-state index in [1.165, 1.54) is 17.8 Å². The summed E-state index contributed by atoms with van der Waals surface area (Å²) in [6.45, 7) is 5.65. The number of aryl methyl sites for hydroxylation is 1. The minimum absolute atomic E-state index is 0.132. The Labute approximate surface area is 116 Å². The Morgan fingerprint density at radius 1 is 1.63 bits per heavy atom. The fourth-order valence-electron chi connectivity index (χ4n) is 1.57. The van der Waals surface area contributed by atoms with Crippen LogP contribution in [0, 0.1) is 12.3 Å². The summed E-state index contributed by atoms with van der Waals surface area (Å²) < 4.78 is 0. The Kier molecular flexibility index (Phi) is 5.41. The van der Waals surface area contributed by atoms with Gasteiger partial charge in [0.05, 0.1) is 0 Å². The van der Waals surface area contributed by atoms with Crippen molar-refractivity contribution in [1.82, 2.24) is 9.97 Å². The zero-order valence-electron chi connectivity index (χ0n) is 11.4. The first-order chi connectivity index (χ1) is 8.85. The van der Waals surface area contributed by atoms with Crippen molar-refractivity contribution in [1.29, 1.82) is 0 Å². The van der Waals surface area contributed by atoms with Crippen LogP contribution in [0.4, 0.5) is 0 Å². The van der Waals surface area contributed by atoms with E-state index in [1.54, 1.807) is 6.92 Å². The van der Waals surface area contributed by atoms with Crippen LogP contribution < -0.4 is 11.3 Å². The Morgan fingerprint density at radius 2 is 2.32 bits per heavy atom. The van der Waals surface area contributed by atoms with Crippen molar-refractivity contribution >= 4 is 17.6 Å². The first-order valence-corrected chi connectivity index (χ1v) is 7.02. The number of hydrogen-bond donors (Lipinski definition) is 3. The normalized spacial score (nSPS) is 12.7. The molecule has 0 fully saturated rings. The molecule has 0 spiro atoms. The van der Waals surface area contributed by atoms with Gasteiger partial charge in [0.2, 0.25) is 0 Å². The van der Waals surface area contributed by atoms with E-state index in [1.807, 2.05) is 13.8 Å². The molecule has 0 saturated heterocycles. The summed E-state index contributed by atoms with van der Waals surface area (Å²) in [5, 5.41) is 12.4. The predicted octanol–water partition coefficient (Wildman–Crippen LogP) is 1.72. The number of H-pyrrole nitrogens is 1. The van der Waals surface area contributed by atoms with Gasteiger partial charge in [0.1, 0.15) is 5.84 Å². The largest absolute Gasteiger partial charge is 0.409 e. The minimum Gasteiger partial charge on any atom is -0.409 e. The highest BCUT2D eigenvalue weighted by Crippen LogP contribution is 2.24. The molecular formula is C12H20N4O2S. The fourth-order valence-corrected chi connectivity index (χ4v) is 2.43. The summed E-state index contributed by atoms with van der Waals surface area (Å²) in [6, 6.07) is 1.46. The van der Waals surface area contributed by atoms with Crippen LogP contribution in [0.5, 0.6) is 0 Å². The summed E-state index contributed by atoms with van der Waals surface area (Å²) in [5.74, 6) is 1.05. The van der Waals surface area contributed by atoms with E-state index in [-0.39, 0.29) is 16.8 Å². The lowest BCUT2D eigenvalue weighted by molar-refractivity contribution is 0.305. The average molecular weight is 284 g/mol. The van der Waals surface area contributed by atoms with Gasteiger partial charge in [-0.2, -0.15) is 0 Å². The molecule has 7 heteroatoms. The first kappa shape index (κ1) is 15.6. The summed E-state index contributed by atoms with van der Waals surface area (Å²) in [6.07, 6.45) is 1.68. The van der Waals surface area contributed by atoms with Gasteiger partial charge in [-0.25, -0.2) is 4.98 Å². The monoisotopic (exact) mass is 284 g/mol. The van der Waals surface area contributed by atoms with E-state index >= 15 is 0 Å². The zero-order chi connectivity index (χ0) is 14.5. The molecule has 1 aromatic rings. The Balaban J connectivity index is 2.45. The topological polar surface area (TPSA) is 104 Å². The van der Waals surface area contributed by atoms with Crippen molar-refractivity contribution in [3.8, 4) is 0 Å². The predicted molar refractivity (Wildman–Crippen MR) is 76.7 cm³/mol. The molecule has 0 unspecified atom stereocenters. The number of hydrogen-bond acceptors (Lipinski definition) is 5. The minimum atomic E-state index is -0.331. The summed E-state index contributed by atoms with van der Waals surface area (Å²) >= 11 is 1.50. The van der Waals surface area contributed by atoms with Crippen LogP contribution in [0.15, 0.2) is 21.2 Å². The third-order valence-corrected chi connectivity index (χ3v) is 3.79. The Bertz CT molecular complexity index is 511. The molecular weight excluding hydrogens is 264 g/mol. The van der Waals surface area contributed by atoms with Gasteiger partial charge in [0, 0.05) is 22.9 Å². The lowest BCUT2D eigenvalue weighted by Gasteiger charge is -2.22. The van der Waals surface area contributed by atoms with Gasteiger partial charge < -0.3 is 15.9 Å². The molecule has 19 heavy (non-hydrogen) atoms. The van der Waals surface area contributed by atoms with E-state index in [2.05, 4.69) is 15.1 Å². The smallest absolute Gasteiger partial charge is 0.251 e. The molecule has 0 atom stereocenters. The second kappa shape index (κ2) is 6.60. The summed E-state index contributed by atoms with van der Waals surface area (Å²) in [5.41, 5.74) is 5.87. The lowest BCUT2D eigenvalue weighted by Crippen LogP contribution is -2.31. The van der Waals surface area contributed by atoms with E-state index in [0.717, 1.165) is 18.6 Å². The average Bonchev–Trinajstić information content (AvgIpc) is 2.32. The molecule has 0 saturated carbocycles. The molecule has 0 amide bonds. The van der Waals surface area contributed by atoms with Crippen LogP contribution in [0.2, 0.25) is 0 Å². The van der Waals surface area contributed by atoms with Gasteiger partial charge in [-0.1, -0.05) is 30.8 Å². The molecule has 0 radical (unpaired) electrons. The lowest BCUT2D eigenvalue weighted by atomic mass is 9.87. The number of amidine groups is 1. The highest BCUT2D eigenvalue weighted by molar-refractivity contribution is 7.99. The highest BCUT2D eigenvalue weighted by atomic mass is 32.2. The maximum Gasteiger partial charge on any atom is 0.251 e. The van der Waals surface area contributed by atoms with E-state index in [0.29, 0.717) is 10.9 Å². The number of aromatic amines is 1. The first-order valence-electron chi connectivity index (χ1n) is 6.04. The maximum absolute atomic E-state index is 11.3. The molecule has 0 aromatic carbocycles. The highest BCUT2D eigenvalue weighted by Gasteiger charge is 2.22. The fraction of sp³-hybridized carbons (Fsp3) is 0.583. The number of aromatic nitrogens is 2. The van der Waals surface area contributed by atoms with Gasteiger partial charge >= 0.3 is 0 Å². The van der Waals surface area contributed by atoms with Crippen LogP contribution in [-0.2, 0) is 0 Å². The SMILES string of the molecule is Cc1cc(=O)[nH]c(SCCCC(C)(C)C(N)=NO)n1. The third kappa shape index (κ3) is 4.94. The van der Waals surface area contributed by atoms with Crippen molar-refractivity contribution < 1.29 is 5.21 Å². The van der Waals surface area contributed by atoms with Crippen molar-refractivity contribution in [3.05, 3.63) is 22.1 Å². The molecule has 0 aliphatic carbocycles. The molecule has 1 aromatic heterocycles. The molecule has 4 N–H and O–H groups in total. The van der Waals surface area contributed by atoms with Crippen LogP contribution in [0.25, 0.3) is 0 Å². The number of thioether (sulfide) groups is 1. The maximum atomic E-state index is 11.3. The second-order valence-electron chi connectivity index (χ2n) is 5.01. The molecule has 106 valence electrons. The summed E-state index contributed by atoms with van der Waals surface area (Å²) in [4.78, 5) is 18.2. The van der Waals surface area contributed by atoms with Crippen molar-refractivity contribution in [3.63, 3.8) is 0 Å². The molecule has 0 aliphatic rings. The van der Waals surface area contributed by atoms with E-state index in [9.17, 15) is 4.79 Å². The molecule has 6 nitrogen and oxygen atoms in total. The van der Waals surface area contributed by atoms with E-state index < -0.39 is 0 Å². The van der Waals surface area contributed by atoms with Crippen LogP contribution >= 0.6 is 11.8 Å². The number of nitrogens with one attached hydrogen (secondary N) is 1. The zero-order valence-corrected chi connectivity index (χ0v) is 12.3. The van der Waals surface area contributed by atoms with Crippen molar-refractivity contribution in [2.75, 3.05) is 5.75 Å². The number of rotatable bonds is 6. The number of nitrogens with zero attached hydrogens (tertiary/aromatic N) is 2. The van der Waals surface area contributed by atoms with E-state index in [4.69, 9.17) is 10.9 Å². The Hall–Kier alpha value is -1.50. The van der Waals surface area contributed by atoms with Gasteiger partial charge in [-0.15, -0.1) is 0 Å². The third-order valence-electron chi connectivity index (χ3n) is 2.83. The number of nitrogens with two attached hydrogens (primary N) is 1.